The molecule has 3 heteroatoms. The summed E-state index contributed by atoms with van der Waals surface area (Å²) in [5, 5.41) is 2.32. The summed E-state index contributed by atoms with van der Waals surface area (Å²) in [5.74, 6) is 1.41. The van der Waals surface area contributed by atoms with E-state index in [0.717, 1.165) is 40.7 Å². The molecule has 23 heavy (non-hydrogen) atoms. The van der Waals surface area contributed by atoms with Crippen molar-refractivity contribution in [3.63, 3.8) is 0 Å². The van der Waals surface area contributed by atoms with Crippen LogP contribution in [0, 0.1) is 11.8 Å². The highest BCUT2D eigenvalue weighted by Crippen LogP contribution is 2.32. The minimum Gasteiger partial charge on any atom is -0.302 e. The molecule has 4 rings (SSSR count). The molecule has 2 aromatic carbocycles. The summed E-state index contributed by atoms with van der Waals surface area (Å²) >= 11 is 3.50. The van der Waals surface area contributed by atoms with Gasteiger partial charge >= 0.3 is 0 Å². The Hall–Kier alpha value is -1.19. The van der Waals surface area contributed by atoms with Gasteiger partial charge in [0.25, 0.3) is 0 Å². The summed E-state index contributed by atoms with van der Waals surface area (Å²) in [5.41, 5.74) is 0.873. The summed E-state index contributed by atoms with van der Waals surface area (Å²) in [6.07, 6.45) is 4.97. The predicted molar refractivity (Wildman–Crippen MR) is 97.9 cm³/mol. The quantitative estimate of drug-likeness (QED) is 0.711. The third kappa shape index (κ3) is 3.51. The van der Waals surface area contributed by atoms with E-state index in [4.69, 9.17) is 0 Å². The molecule has 0 amide bonds. The molecule has 1 saturated heterocycles. The number of nitrogens with zero attached hydrogens (tertiary/aromatic N) is 1. The predicted octanol–water partition coefficient (Wildman–Crippen LogP) is 4.91. The molecule has 1 aliphatic carbocycles. The maximum absolute atomic E-state index is 12.9. The van der Waals surface area contributed by atoms with E-state index in [1.165, 1.54) is 31.3 Å². The second-order valence-corrected chi connectivity index (χ2v) is 8.03. The number of fused-ring (bicyclic) bond motifs is 1. The average molecular weight is 372 g/mol. The number of carbonyl (C=O) groups excluding carboxylic acids is 1. The Kier molecular flexibility index (Phi) is 4.25. The summed E-state index contributed by atoms with van der Waals surface area (Å²) in [6, 6.07) is 12.3. The van der Waals surface area contributed by atoms with E-state index in [2.05, 4.69) is 45.1 Å². The lowest BCUT2D eigenvalue weighted by Crippen LogP contribution is -2.39. The van der Waals surface area contributed by atoms with Crippen LogP contribution in [0.5, 0.6) is 0 Å². The lowest BCUT2D eigenvalue weighted by atomic mass is 9.89. The number of ketones is 1. The molecule has 1 aliphatic heterocycles. The van der Waals surface area contributed by atoms with Crippen molar-refractivity contribution in [1.29, 1.82) is 0 Å². The van der Waals surface area contributed by atoms with Crippen LogP contribution in [-0.4, -0.2) is 30.3 Å². The number of likely N-dealkylation sites (tertiary alicyclic amines) is 1. The standard InChI is InChI=1S/C20H22BrNO/c21-19-8-7-15-10-17(6-5-16(15)11-19)20(23)18-2-1-9-22(13-18)12-14-3-4-14/h5-8,10-11,14,18H,1-4,9,12-13H2/t18-/m1/s1. The minimum atomic E-state index is 0.176. The zero-order valence-electron chi connectivity index (χ0n) is 13.3. The van der Waals surface area contributed by atoms with E-state index in [9.17, 15) is 4.79 Å². The zero-order valence-corrected chi connectivity index (χ0v) is 14.9. The molecule has 0 aromatic heterocycles. The van der Waals surface area contributed by atoms with E-state index in [0.29, 0.717) is 5.78 Å². The van der Waals surface area contributed by atoms with Gasteiger partial charge in [0, 0.05) is 29.0 Å². The van der Waals surface area contributed by atoms with Gasteiger partial charge in [-0.05, 0) is 67.1 Å². The molecule has 2 aromatic rings. The van der Waals surface area contributed by atoms with E-state index >= 15 is 0 Å². The molecule has 2 nitrogen and oxygen atoms in total. The first kappa shape index (κ1) is 15.3. The number of halogens is 1. The molecule has 2 fully saturated rings. The largest absolute Gasteiger partial charge is 0.302 e. The molecule has 1 saturated carbocycles. The average Bonchev–Trinajstić information content (AvgIpc) is 3.38. The summed E-state index contributed by atoms with van der Waals surface area (Å²) in [6.45, 7) is 3.33. The molecular formula is C20H22BrNO. The van der Waals surface area contributed by atoms with Crippen molar-refractivity contribution in [2.75, 3.05) is 19.6 Å². The lowest BCUT2D eigenvalue weighted by molar-refractivity contribution is 0.0815. The highest BCUT2D eigenvalue weighted by Gasteiger charge is 2.30. The third-order valence-corrected chi connectivity index (χ3v) is 5.67. The van der Waals surface area contributed by atoms with Crippen LogP contribution >= 0.6 is 15.9 Å². The number of rotatable bonds is 4. The van der Waals surface area contributed by atoms with Crippen molar-refractivity contribution in [2.45, 2.75) is 25.7 Å². The van der Waals surface area contributed by atoms with Crippen molar-refractivity contribution >= 4 is 32.5 Å². The summed E-state index contributed by atoms with van der Waals surface area (Å²) in [7, 11) is 0. The molecule has 1 heterocycles. The Morgan fingerprint density at radius 1 is 1.09 bits per heavy atom. The van der Waals surface area contributed by atoms with E-state index < -0.39 is 0 Å². The fraction of sp³-hybridized carbons (Fsp3) is 0.450. The topological polar surface area (TPSA) is 20.3 Å². The van der Waals surface area contributed by atoms with Crippen LogP contribution in [-0.2, 0) is 0 Å². The molecule has 0 radical (unpaired) electrons. The zero-order chi connectivity index (χ0) is 15.8. The Labute approximate surface area is 146 Å². The normalized spacial score (nSPS) is 22.4. The number of benzene rings is 2. The van der Waals surface area contributed by atoms with Gasteiger partial charge in [-0.2, -0.15) is 0 Å². The molecule has 120 valence electrons. The lowest BCUT2D eigenvalue weighted by Gasteiger charge is -2.32. The molecule has 2 aliphatic rings. The van der Waals surface area contributed by atoms with Crippen LogP contribution in [0.15, 0.2) is 40.9 Å². The van der Waals surface area contributed by atoms with Crippen molar-refractivity contribution in [1.82, 2.24) is 4.90 Å². The SMILES string of the molecule is O=C(c1ccc2cc(Br)ccc2c1)[C@@H]1CCCN(CC2CC2)C1. The number of piperidine rings is 1. The molecule has 0 spiro atoms. The van der Waals surface area contributed by atoms with E-state index in [1.54, 1.807) is 0 Å². The summed E-state index contributed by atoms with van der Waals surface area (Å²) < 4.78 is 1.08. The maximum Gasteiger partial charge on any atom is 0.167 e. The molecule has 0 N–H and O–H groups in total. The second kappa shape index (κ2) is 6.37. The van der Waals surface area contributed by atoms with Gasteiger partial charge in [-0.15, -0.1) is 0 Å². The van der Waals surface area contributed by atoms with Crippen molar-refractivity contribution in [3.05, 3.63) is 46.4 Å². The fourth-order valence-electron chi connectivity index (χ4n) is 3.71. The first-order valence-electron chi connectivity index (χ1n) is 8.65. The molecule has 1 atom stereocenters. The van der Waals surface area contributed by atoms with Crippen LogP contribution in [0.3, 0.4) is 0 Å². The van der Waals surface area contributed by atoms with Crippen LogP contribution in [0.2, 0.25) is 0 Å². The highest BCUT2D eigenvalue weighted by molar-refractivity contribution is 9.10. The molecular weight excluding hydrogens is 350 g/mol. The fourth-order valence-corrected chi connectivity index (χ4v) is 4.09. The number of carbonyl (C=O) groups is 1. The van der Waals surface area contributed by atoms with Crippen LogP contribution in [0.25, 0.3) is 10.8 Å². The van der Waals surface area contributed by atoms with Gasteiger partial charge in [0.2, 0.25) is 0 Å². The van der Waals surface area contributed by atoms with Gasteiger partial charge in [-0.3, -0.25) is 4.79 Å². The van der Waals surface area contributed by atoms with E-state index in [-0.39, 0.29) is 5.92 Å². The molecule has 0 unspecified atom stereocenters. The van der Waals surface area contributed by atoms with Gasteiger partial charge < -0.3 is 4.90 Å². The maximum atomic E-state index is 12.9. The Morgan fingerprint density at radius 3 is 2.70 bits per heavy atom. The van der Waals surface area contributed by atoms with Crippen molar-refractivity contribution in [3.8, 4) is 0 Å². The van der Waals surface area contributed by atoms with E-state index in [1.807, 2.05) is 12.1 Å². The smallest absolute Gasteiger partial charge is 0.167 e. The summed E-state index contributed by atoms with van der Waals surface area (Å²) in [4.78, 5) is 15.4. The first-order valence-corrected chi connectivity index (χ1v) is 9.44. The second-order valence-electron chi connectivity index (χ2n) is 7.11. The monoisotopic (exact) mass is 371 g/mol. The molecule has 0 bridgehead atoms. The van der Waals surface area contributed by atoms with Crippen LogP contribution in [0.1, 0.15) is 36.0 Å². The van der Waals surface area contributed by atoms with Gasteiger partial charge in [-0.1, -0.05) is 34.1 Å². The number of Topliss-reactive ketones (excluding diaryl/α,β-unsaturated/α-hetero) is 1. The van der Waals surface area contributed by atoms with Gasteiger partial charge in [-0.25, -0.2) is 0 Å². The Bertz CT molecular complexity index is 737. The van der Waals surface area contributed by atoms with Gasteiger partial charge in [0.15, 0.2) is 5.78 Å². The third-order valence-electron chi connectivity index (χ3n) is 5.18. The minimum absolute atomic E-state index is 0.176. The van der Waals surface area contributed by atoms with Crippen molar-refractivity contribution < 1.29 is 4.79 Å². The van der Waals surface area contributed by atoms with Crippen molar-refractivity contribution in [2.24, 2.45) is 11.8 Å². The van der Waals surface area contributed by atoms with Crippen LogP contribution < -0.4 is 0 Å². The number of hydrogen-bond acceptors (Lipinski definition) is 2. The van der Waals surface area contributed by atoms with Gasteiger partial charge in [0.05, 0.1) is 0 Å². The van der Waals surface area contributed by atoms with Gasteiger partial charge in [0.1, 0.15) is 0 Å². The Balaban J connectivity index is 1.52. The number of hydrogen-bond donors (Lipinski definition) is 0. The first-order chi connectivity index (χ1) is 11.2. The van der Waals surface area contributed by atoms with Crippen LogP contribution in [0.4, 0.5) is 0 Å². The highest BCUT2D eigenvalue weighted by atomic mass is 79.9. The Morgan fingerprint density at radius 2 is 1.87 bits per heavy atom.